The van der Waals surface area contributed by atoms with Crippen molar-refractivity contribution < 1.29 is 9.31 Å². The van der Waals surface area contributed by atoms with E-state index in [4.69, 9.17) is 15.8 Å². The van der Waals surface area contributed by atoms with Crippen molar-refractivity contribution >= 4 is 27.3 Å². The van der Waals surface area contributed by atoms with E-state index in [1.54, 1.807) is 6.07 Å². The van der Waals surface area contributed by atoms with E-state index >= 15 is 0 Å². The number of nitriles is 3. The van der Waals surface area contributed by atoms with Crippen LogP contribution in [0.25, 0.3) is 0 Å². The van der Waals surface area contributed by atoms with Crippen LogP contribution >= 0.6 is 15.9 Å². The summed E-state index contributed by atoms with van der Waals surface area (Å²) in [5, 5.41) is 38.9. The average Bonchev–Trinajstić information content (AvgIpc) is 2.41. The zero-order valence-electron chi connectivity index (χ0n) is 9.52. The van der Waals surface area contributed by atoms with Gasteiger partial charge in [0.1, 0.15) is 23.9 Å². The monoisotopic (exact) mass is 335 g/mol. The molecule has 20 heavy (non-hydrogen) atoms. The molecule has 1 rings (SSSR count). The summed E-state index contributed by atoms with van der Waals surface area (Å²) in [5.74, 6) is -0.997. The van der Waals surface area contributed by atoms with Crippen molar-refractivity contribution in [2.24, 2.45) is 0 Å². The highest BCUT2D eigenvalue weighted by Crippen LogP contribution is 2.31. The number of hydrogen-bond donors (Lipinski definition) is 1. The van der Waals surface area contributed by atoms with Gasteiger partial charge in [0.2, 0.25) is 0 Å². The lowest BCUT2D eigenvalue weighted by Gasteiger charge is -2.07. The fourth-order valence-corrected chi connectivity index (χ4v) is 1.68. The molecule has 98 valence electrons. The van der Waals surface area contributed by atoms with Gasteiger partial charge in [-0.3, -0.25) is 10.1 Å². The minimum absolute atomic E-state index is 0.0147. The lowest BCUT2D eigenvalue weighted by Crippen LogP contribution is -2.03. The normalized spacial score (nSPS) is 8.75. The van der Waals surface area contributed by atoms with Crippen molar-refractivity contribution in [2.45, 2.75) is 0 Å². The molecule has 0 atom stereocenters. The maximum atomic E-state index is 13.7. The molecule has 1 aromatic carbocycles. The van der Waals surface area contributed by atoms with E-state index in [2.05, 4.69) is 21.2 Å². The Labute approximate surface area is 120 Å². The van der Waals surface area contributed by atoms with Crippen LogP contribution in [0.4, 0.5) is 15.8 Å². The summed E-state index contributed by atoms with van der Waals surface area (Å²) >= 11 is 2.89. The van der Waals surface area contributed by atoms with E-state index in [-0.39, 0.29) is 10.2 Å². The number of rotatable bonds is 3. The molecule has 0 saturated carbocycles. The molecule has 7 nitrogen and oxygen atoms in total. The Hall–Kier alpha value is -2.96. The van der Waals surface area contributed by atoms with Gasteiger partial charge in [0.05, 0.1) is 21.1 Å². The Bertz CT molecular complexity index is 723. The van der Waals surface area contributed by atoms with Crippen LogP contribution in [0.3, 0.4) is 0 Å². The first kappa shape index (κ1) is 15.1. The summed E-state index contributed by atoms with van der Waals surface area (Å²) in [6.07, 6.45) is 0. The molecule has 0 bridgehead atoms. The molecule has 0 amide bonds. The van der Waals surface area contributed by atoms with Gasteiger partial charge in [-0.05, 0) is 22.0 Å². The highest BCUT2D eigenvalue weighted by Gasteiger charge is 2.18. The molecule has 0 radical (unpaired) electrons. The van der Waals surface area contributed by atoms with Crippen LogP contribution < -0.4 is 5.32 Å². The smallest absolute Gasteiger partial charge is 0.286 e. The van der Waals surface area contributed by atoms with E-state index in [1.165, 1.54) is 12.1 Å². The molecule has 0 saturated heterocycles. The van der Waals surface area contributed by atoms with Gasteiger partial charge in [-0.2, -0.15) is 15.8 Å². The standard InChI is InChI=1S/C11H3BrFN5O2/c12-7-1-9(8(13)2-11(7)18(19)20)17-10(5-16)6(3-14)4-15/h1-2,17H. The molecule has 0 heterocycles. The maximum absolute atomic E-state index is 13.7. The molecule has 0 aromatic heterocycles. The first-order chi connectivity index (χ1) is 9.44. The van der Waals surface area contributed by atoms with Crippen LogP contribution in [0.1, 0.15) is 0 Å². The molecule has 0 aliphatic carbocycles. The number of benzene rings is 1. The lowest BCUT2D eigenvalue weighted by atomic mass is 10.2. The summed E-state index contributed by atoms with van der Waals surface area (Å²) < 4.78 is 13.7. The Kier molecular flexibility index (Phi) is 4.74. The van der Waals surface area contributed by atoms with Gasteiger partial charge in [-0.1, -0.05) is 0 Å². The number of hydrogen-bond acceptors (Lipinski definition) is 6. The number of anilines is 1. The van der Waals surface area contributed by atoms with E-state index in [0.29, 0.717) is 6.07 Å². The molecule has 0 spiro atoms. The van der Waals surface area contributed by atoms with Gasteiger partial charge in [0.15, 0.2) is 11.4 Å². The van der Waals surface area contributed by atoms with Crippen LogP contribution in [-0.2, 0) is 0 Å². The van der Waals surface area contributed by atoms with E-state index in [9.17, 15) is 14.5 Å². The molecule has 0 aliphatic rings. The van der Waals surface area contributed by atoms with Crippen molar-refractivity contribution in [3.8, 4) is 18.2 Å². The molecule has 0 aliphatic heterocycles. The Morgan fingerprint density at radius 2 is 1.90 bits per heavy atom. The highest BCUT2D eigenvalue weighted by atomic mass is 79.9. The van der Waals surface area contributed by atoms with Crippen molar-refractivity contribution in [3.63, 3.8) is 0 Å². The second-order valence-corrected chi connectivity index (χ2v) is 4.11. The third kappa shape index (κ3) is 3.08. The minimum Gasteiger partial charge on any atom is -0.343 e. The molecule has 0 fully saturated rings. The minimum atomic E-state index is -0.997. The van der Waals surface area contributed by atoms with Gasteiger partial charge < -0.3 is 5.32 Å². The Morgan fingerprint density at radius 1 is 1.30 bits per heavy atom. The highest BCUT2D eigenvalue weighted by molar-refractivity contribution is 9.10. The summed E-state index contributed by atoms with van der Waals surface area (Å²) in [7, 11) is 0. The summed E-state index contributed by atoms with van der Waals surface area (Å²) in [6.45, 7) is 0. The third-order valence-electron chi connectivity index (χ3n) is 2.08. The van der Waals surface area contributed by atoms with Gasteiger partial charge in [-0.25, -0.2) is 4.39 Å². The quantitative estimate of drug-likeness (QED) is 0.514. The summed E-state index contributed by atoms with van der Waals surface area (Å²) in [6, 6.07) is 6.19. The molecule has 1 aromatic rings. The SMILES string of the molecule is N#CC(C#N)=C(C#N)Nc1cc(Br)c([N+](=O)[O-])cc1F. The van der Waals surface area contributed by atoms with Crippen LogP contribution in [0.15, 0.2) is 27.9 Å². The maximum Gasteiger partial charge on any atom is 0.286 e. The van der Waals surface area contributed by atoms with Gasteiger partial charge in [0.25, 0.3) is 5.69 Å². The fraction of sp³-hybridized carbons (Fsp3) is 0. The molecular formula is C11H3BrFN5O2. The number of halogens is 2. The van der Waals surface area contributed by atoms with Crippen LogP contribution in [0.5, 0.6) is 0 Å². The second-order valence-electron chi connectivity index (χ2n) is 3.25. The zero-order valence-corrected chi connectivity index (χ0v) is 11.1. The first-order valence-corrected chi connectivity index (χ1v) is 5.59. The van der Waals surface area contributed by atoms with Gasteiger partial charge >= 0.3 is 0 Å². The van der Waals surface area contributed by atoms with Crippen molar-refractivity contribution in [2.75, 3.05) is 5.32 Å². The largest absolute Gasteiger partial charge is 0.343 e. The number of nitrogens with one attached hydrogen (secondary N) is 1. The van der Waals surface area contributed by atoms with Crippen molar-refractivity contribution in [1.82, 2.24) is 0 Å². The summed E-state index contributed by atoms with van der Waals surface area (Å²) in [5.41, 5.74) is -1.74. The van der Waals surface area contributed by atoms with Crippen molar-refractivity contribution in [1.29, 1.82) is 15.8 Å². The molecule has 1 N–H and O–H groups in total. The van der Waals surface area contributed by atoms with E-state index in [0.717, 1.165) is 6.07 Å². The molecule has 0 unspecified atom stereocenters. The topological polar surface area (TPSA) is 127 Å². The Morgan fingerprint density at radius 3 is 2.35 bits per heavy atom. The second kappa shape index (κ2) is 6.28. The fourth-order valence-electron chi connectivity index (χ4n) is 1.19. The molecular weight excluding hydrogens is 333 g/mol. The van der Waals surface area contributed by atoms with Crippen LogP contribution in [0, 0.1) is 49.9 Å². The Balaban J connectivity index is 3.32. The van der Waals surface area contributed by atoms with Crippen molar-refractivity contribution in [3.05, 3.63) is 43.8 Å². The number of nitro benzene ring substituents is 1. The van der Waals surface area contributed by atoms with E-state index in [1.807, 2.05) is 0 Å². The zero-order chi connectivity index (χ0) is 15.3. The number of allylic oxidation sites excluding steroid dienone is 2. The van der Waals surface area contributed by atoms with Gasteiger partial charge in [-0.15, -0.1) is 0 Å². The number of nitrogens with zero attached hydrogens (tertiary/aromatic N) is 4. The summed E-state index contributed by atoms with van der Waals surface area (Å²) in [4.78, 5) is 9.82. The first-order valence-electron chi connectivity index (χ1n) is 4.79. The number of nitro groups is 1. The predicted octanol–water partition coefficient (Wildman–Crippen LogP) is 2.73. The average molecular weight is 336 g/mol. The van der Waals surface area contributed by atoms with E-state index < -0.39 is 27.7 Å². The lowest BCUT2D eigenvalue weighted by molar-refractivity contribution is -0.385. The molecule has 9 heteroatoms. The van der Waals surface area contributed by atoms with Gasteiger partial charge in [0, 0.05) is 0 Å². The van der Waals surface area contributed by atoms with Crippen LogP contribution in [-0.4, -0.2) is 4.92 Å². The third-order valence-corrected chi connectivity index (χ3v) is 2.71. The van der Waals surface area contributed by atoms with Crippen LogP contribution in [0.2, 0.25) is 0 Å². The predicted molar refractivity (Wildman–Crippen MR) is 68.2 cm³/mol.